The summed E-state index contributed by atoms with van der Waals surface area (Å²) in [6.07, 6.45) is 8.11. The molecule has 1 aromatic rings. The lowest BCUT2D eigenvalue weighted by Gasteiger charge is -2.25. The standard InChI is InChI=1S/C17H28N2O/c1-5-14(6-2)19-11-9-13(18-19)12-16(20)15-8-7-10-17(15,3)4/h9,11,14-15H,5-8,10,12H2,1-4H3. The first-order valence-electron chi connectivity index (χ1n) is 8.04. The maximum atomic E-state index is 12.5. The van der Waals surface area contributed by atoms with Gasteiger partial charge in [-0.2, -0.15) is 5.10 Å². The van der Waals surface area contributed by atoms with Crippen molar-refractivity contribution >= 4 is 5.78 Å². The summed E-state index contributed by atoms with van der Waals surface area (Å²) in [6, 6.07) is 2.47. The Morgan fingerprint density at radius 1 is 1.45 bits per heavy atom. The molecule has 1 aliphatic rings. The van der Waals surface area contributed by atoms with Crippen LogP contribution in [0.4, 0.5) is 0 Å². The molecule has 0 aromatic carbocycles. The first-order valence-corrected chi connectivity index (χ1v) is 8.04. The number of hydrogen-bond donors (Lipinski definition) is 0. The molecule has 3 nitrogen and oxygen atoms in total. The van der Waals surface area contributed by atoms with E-state index in [9.17, 15) is 4.79 Å². The fourth-order valence-corrected chi connectivity index (χ4v) is 3.56. The molecular formula is C17H28N2O. The van der Waals surface area contributed by atoms with Crippen LogP contribution in [-0.2, 0) is 11.2 Å². The average molecular weight is 276 g/mol. The minimum Gasteiger partial charge on any atom is -0.299 e. The van der Waals surface area contributed by atoms with Crippen LogP contribution in [0.1, 0.15) is 71.5 Å². The van der Waals surface area contributed by atoms with Crippen molar-refractivity contribution in [2.75, 3.05) is 0 Å². The van der Waals surface area contributed by atoms with Gasteiger partial charge in [0.1, 0.15) is 5.78 Å². The van der Waals surface area contributed by atoms with Gasteiger partial charge in [-0.3, -0.25) is 9.48 Å². The highest BCUT2D eigenvalue weighted by atomic mass is 16.1. The number of Topliss-reactive ketones (excluding diaryl/α,β-unsaturated/α-hetero) is 1. The minimum absolute atomic E-state index is 0.176. The summed E-state index contributed by atoms with van der Waals surface area (Å²) < 4.78 is 2.03. The van der Waals surface area contributed by atoms with Crippen LogP contribution < -0.4 is 0 Å². The van der Waals surface area contributed by atoms with Gasteiger partial charge >= 0.3 is 0 Å². The lowest BCUT2D eigenvalue weighted by Crippen LogP contribution is -2.27. The minimum atomic E-state index is 0.176. The molecule has 1 heterocycles. The second-order valence-corrected chi connectivity index (χ2v) is 6.83. The van der Waals surface area contributed by atoms with E-state index >= 15 is 0 Å². The Morgan fingerprint density at radius 2 is 2.15 bits per heavy atom. The van der Waals surface area contributed by atoms with E-state index in [4.69, 9.17) is 0 Å². The third-order valence-corrected chi connectivity index (χ3v) is 4.98. The van der Waals surface area contributed by atoms with Crippen LogP contribution in [0.2, 0.25) is 0 Å². The molecule has 0 N–H and O–H groups in total. The summed E-state index contributed by atoms with van der Waals surface area (Å²) >= 11 is 0. The predicted molar refractivity (Wildman–Crippen MR) is 81.7 cm³/mol. The van der Waals surface area contributed by atoms with E-state index in [-0.39, 0.29) is 11.3 Å². The Labute approximate surface area is 122 Å². The molecule has 0 amide bonds. The third kappa shape index (κ3) is 3.13. The highest BCUT2D eigenvalue weighted by Crippen LogP contribution is 2.43. The summed E-state index contributed by atoms with van der Waals surface area (Å²) in [4.78, 5) is 12.5. The molecule has 20 heavy (non-hydrogen) atoms. The molecule has 1 unspecified atom stereocenters. The lowest BCUT2D eigenvalue weighted by atomic mass is 9.78. The molecule has 1 atom stereocenters. The molecule has 3 heteroatoms. The van der Waals surface area contributed by atoms with Crippen molar-refractivity contribution in [3.05, 3.63) is 18.0 Å². The van der Waals surface area contributed by atoms with Crippen molar-refractivity contribution in [1.82, 2.24) is 9.78 Å². The van der Waals surface area contributed by atoms with E-state index in [0.717, 1.165) is 25.0 Å². The Morgan fingerprint density at radius 3 is 2.70 bits per heavy atom. The van der Waals surface area contributed by atoms with Gasteiger partial charge in [-0.15, -0.1) is 0 Å². The number of ketones is 1. The first-order chi connectivity index (χ1) is 9.47. The number of nitrogens with zero attached hydrogens (tertiary/aromatic N) is 2. The van der Waals surface area contributed by atoms with Crippen LogP contribution in [0.5, 0.6) is 0 Å². The van der Waals surface area contributed by atoms with Gasteiger partial charge in [-0.1, -0.05) is 34.1 Å². The molecule has 0 bridgehead atoms. The Balaban J connectivity index is 2.02. The van der Waals surface area contributed by atoms with Crippen LogP contribution in [0.25, 0.3) is 0 Å². The van der Waals surface area contributed by atoms with Crippen LogP contribution in [0, 0.1) is 11.3 Å². The van der Waals surface area contributed by atoms with Gasteiger partial charge in [-0.05, 0) is 37.2 Å². The number of carbonyl (C=O) groups is 1. The second-order valence-electron chi connectivity index (χ2n) is 6.83. The molecule has 0 saturated heterocycles. The smallest absolute Gasteiger partial charge is 0.142 e. The van der Waals surface area contributed by atoms with Crippen LogP contribution in [0.15, 0.2) is 12.3 Å². The van der Waals surface area contributed by atoms with Gasteiger partial charge in [0.25, 0.3) is 0 Å². The summed E-state index contributed by atoms with van der Waals surface area (Å²) in [7, 11) is 0. The molecule has 1 fully saturated rings. The number of hydrogen-bond acceptors (Lipinski definition) is 2. The monoisotopic (exact) mass is 276 g/mol. The molecule has 2 rings (SSSR count). The third-order valence-electron chi connectivity index (χ3n) is 4.98. The van der Waals surface area contributed by atoms with Crippen molar-refractivity contribution in [2.24, 2.45) is 11.3 Å². The van der Waals surface area contributed by atoms with Crippen molar-refractivity contribution in [2.45, 2.75) is 72.3 Å². The average Bonchev–Trinajstić information content (AvgIpc) is 2.97. The van der Waals surface area contributed by atoms with E-state index in [0.29, 0.717) is 18.2 Å². The van der Waals surface area contributed by atoms with Crippen molar-refractivity contribution < 1.29 is 4.79 Å². The highest BCUT2D eigenvalue weighted by molar-refractivity contribution is 5.83. The summed E-state index contributed by atoms with van der Waals surface area (Å²) in [5, 5.41) is 4.61. The molecule has 0 radical (unpaired) electrons. The molecule has 112 valence electrons. The Kier molecular flexibility index (Phi) is 4.66. The van der Waals surface area contributed by atoms with Crippen molar-refractivity contribution in [3.63, 3.8) is 0 Å². The number of rotatable bonds is 6. The van der Waals surface area contributed by atoms with Crippen LogP contribution >= 0.6 is 0 Å². The first kappa shape index (κ1) is 15.3. The van der Waals surface area contributed by atoms with Crippen LogP contribution in [0.3, 0.4) is 0 Å². The van der Waals surface area contributed by atoms with Crippen molar-refractivity contribution in [3.8, 4) is 0 Å². The summed E-state index contributed by atoms with van der Waals surface area (Å²) in [5.74, 6) is 0.600. The molecule has 0 aliphatic heterocycles. The molecule has 1 saturated carbocycles. The number of carbonyl (C=O) groups excluding carboxylic acids is 1. The zero-order valence-corrected chi connectivity index (χ0v) is 13.4. The predicted octanol–water partition coefficient (Wildman–Crippen LogP) is 4.18. The van der Waals surface area contributed by atoms with Gasteiger partial charge in [0.05, 0.1) is 18.2 Å². The summed E-state index contributed by atoms with van der Waals surface area (Å²) in [6.45, 7) is 8.82. The second kappa shape index (κ2) is 6.11. The Hall–Kier alpha value is -1.12. The summed E-state index contributed by atoms with van der Waals surface area (Å²) in [5.41, 5.74) is 1.11. The quantitative estimate of drug-likeness (QED) is 0.781. The van der Waals surface area contributed by atoms with Gasteiger partial charge in [0.15, 0.2) is 0 Å². The topological polar surface area (TPSA) is 34.9 Å². The largest absolute Gasteiger partial charge is 0.299 e. The van der Waals surface area contributed by atoms with Gasteiger partial charge in [0, 0.05) is 12.1 Å². The maximum Gasteiger partial charge on any atom is 0.142 e. The van der Waals surface area contributed by atoms with Gasteiger partial charge < -0.3 is 0 Å². The highest BCUT2D eigenvalue weighted by Gasteiger charge is 2.38. The lowest BCUT2D eigenvalue weighted by molar-refractivity contribution is -0.124. The van der Waals surface area contributed by atoms with Crippen LogP contribution in [-0.4, -0.2) is 15.6 Å². The zero-order chi connectivity index (χ0) is 14.8. The van der Waals surface area contributed by atoms with Crippen molar-refractivity contribution in [1.29, 1.82) is 0 Å². The normalized spacial score (nSPS) is 21.6. The van der Waals surface area contributed by atoms with E-state index in [1.54, 1.807) is 0 Å². The maximum absolute atomic E-state index is 12.5. The zero-order valence-electron chi connectivity index (χ0n) is 13.4. The van der Waals surface area contributed by atoms with E-state index in [1.807, 2.05) is 16.9 Å². The molecular weight excluding hydrogens is 248 g/mol. The number of aromatic nitrogens is 2. The fraction of sp³-hybridized carbons (Fsp3) is 0.765. The van der Waals surface area contributed by atoms with Gasteiger partial charge in [0.2, 0.25) is 0 Å². The van der Waals surface area contributed by atoms with E-state index in [1.165, 1.54) is 12.8 Å². The molecule has 0 spiro atoms. The van der Waals surface area contributed by atoms with Gasteiger partial charge in [-0.25, -0.2) is 0 Å². The molecule has 1 aromatic heterocycles. The molecule has 1 aliphatic carbocycles. The fourth-order valence-electron chi connectivity index (χ4n) is 3.56. The SMILES string of the molecule is CCC(CC)n1ccc(CC(=O)C2CCCC2(C)C)n1. The Bertz CT molecular complexity index is 457. The van der Waals surface area contributed by atoms with E-state index in [2.05, 4.69) is 32.8 Å². The van der Waals surface area contributed by atoms with E-state index < -0.39 is 0 Å².